The minimum Gasteiger partial charge on any atom is -0.394 e. The normalized spacial score (nSPS) is 18.1. The van der Waals surface area contributed by atoms with Gasteiger partial charge < -0.3 is 15.1 Å². The van der Waals surface area contributed by atoms with E-state index in [1.165, 1.54) is 4.90 Å². The summed E-state index contributed by atoms with van der Waals surface area (Å²) in [6.07, 6.45) is -0.101. The molecule has 12 heavy (non-hydrogen) atoms. The highest BCUT2D eigenvalue weighted by Gasteiger charge is 2.32. The van der Waals surface area contributed by atoms with Crippen LogP contribution in [0.4, 0.5) is 0 Å². The molecule has 1 amide bonds. The summed E-state index contributed by atoms with van der Waals surface area (Å²) in [4.78, 5) is 23.0. The summed E-state index contributed by atoms with van der Waals surface area (Å²) in [5, 5.41) is 17.5. The third-order valence-corrected chi connectivity index (χ3v) is 1.88. The van der Waals surface area contributed by atoms with E-state index < -0.39 is 6.04 Å². The number of ketones is 1. The summed E-state index contributed by atoms with van der Waals surface area (Å²) >= 11 is 0. The van der Waals surface area contributed by atoms with Crippen molar-refractivity contribution in [2.24, 2.45) is 0 Å². The number of likely N-dealkylation sites (tertiary alicyclic amines) is 1. The Morgan fingerprint density at radius 3 is 2.25 bits per heavy atom. The van der Waals surface area contributed by atoms with Crippen LogP contribution in [0.3, 0.4) is 0 Å². The van der Waals surface area contributed by atoms with Crippen molar-refractivity contribution in [3.8, 4) is 0 Å². The van der Waals surface area contributed by atoms with Crippen LogP contribution in [0.2, 0.25) is 0 Å². The van der Waals surface area contributed by atoms with Crippen molar-refractivity contribution in [1.82, 2.24) is 4.90 Å². The summed E-state index contributed by atoms with van der Waals surface area (Å²) < 4.78 is 0. The predicted octanol–water partition coefficient (Wildman–Crippen LogP) is -1.86. The van der Waals surface area contributed by atoms with E-state index >= 15 is 0 Å². The van der Waals surface area contributed by atoms with Gasteiger partial charge in [-0.25, -0.2) is 0 Å². The van der Waals surface area contributed by atoms with Crippen LogP contribution in [0.15, 0.2) is 0 Å². The molecule has 0 atom stereocenters. The SMILES string of the molecule is O=C1CC(=O)N(C(CO)CO)C1. The van der Waals surface area contributed by atoms with Gasteiger partial charge in [-0.3, -0.25) is 9.59 Å². The van der Waals surface area contributed by atoms with Crippen LogP contribution in [-0.4, -0.2) is 52.6 Å². The molecule has 68 valence electrons. The highest BCUT2D eigenvalue weighted by Crippen LogP contribution is 2.10. The van der Waals surface area contributed by atoms with Gasteiger partial charge in [-0.15, -0.1) is 0 Å². The van der Waals surface area contributed by atoms with Gasteiger partial charge in [0.25, 0.3) is 0 Å². The monoisotopic (exact) mass is 173 g/mol. The Morgan fingerprint density at radius 2 is 1.92 bits per heavy atom. The van der Waals surface area contributed by atoms with Crippen LogP contribution < -0.4 is 0 Å². The van der Waals surface area contributed by atoms with Crippen molar-refractivity contribution in [2.45, 2.75) is 12.5 Å². The summed E-state index contributed by atoms with van der Waals surface area (Å²) in [7, 11) is 0. The molecule has 1 aliphatic rings. The van der Waals surface area contributed by atoms with Crippen molar-refractivity contribution in [2.75, 3.05) is 19.8 Å². The first-order valence-corrected chi connectivity index (χ1v) is 3.72. The second-order valence-electron chi connectivity index (χ2n) is 2.76. The van der Waals surface area contributed by atoms with Gasteiger partial charge in [-0.05, 0) is 0 Å². The van der Waals surface area contributed by atoms with E-state index in [4.69, 9.17) is 10.2 Å². The average molecular weight is 173 g/mol. The fourth-order valence-electron chi connectivity index (χ4n) is 1.19. The quantitative estimate of drug-likeness (QED) is 0.491. The van der Waals surface area contributed by atoms with E-state index in [0.29, 0.717) is 0 Å². The zero-order chi connectivity index (χ0) is 9.14. The van der Waals surface area contributed by atoms with Crippen molar-refractivity contribution in [3.63, 3.8) is 0 Å². The number of carbonyl (C=O) groups is 2. The fourth-order valence-corrected chi connectivity index (χ4v) is 1.19. The Labute approximate surface area is 69.6 Å². The van der Waals surface area contributed by atoms with Gasteiger partial charge in [-0.2, -0.15) is 0 Å². The second-order valence-corrected chi connectivity index (χ2v) is 2.76. The lowest BCUT2D eigenvalue weighted by molar-refractivity contribution is -0.131. The molecule has 0 bridgehead atoms. The van der Waals surface area contributed by atoms with Gasteiger partial charge in [0.2, 0.25) is 5.91 Å². The molecule has 0 aromatic heterocycles. The van der Waals surface area contributed by atoms with Gasteiger partial charge in [0.15, 0.2) is 5.78 Å². The number of aliphatic hydroxyl groups excluding tert-OH is 2. The number of nitrogens with zero attached hydrogens (tertiary/aromatic N) is 1. The van der Waals surface area contributed by atoms with Crippen LogP contribution in [0.5, 0.6) is 0 Å². The summed E-state index contributed by atoms with van der Waals surface area (Å²) in [5.74, 6) is -0.472. The molecular weight excluding hydrogens is 162 g/mol. The fraction of sp³-hybridized carbons (Fsp3) is 0.714. The van der Waals surface area contributed by atoms with Gasteiger partial charge in [-0.1, -0.05) is 0 Å². The molecule has 1 rings (SSSR count). The van der Waals surface area contributed by atoms with Crippen molar-refractivity contribution in [1.29, 1.82) is 0 Å². The Morgan fingerprint density at radius 1 is 1.33 bits per heavy atom. The van der Waals surface area contributed by atoms with Gasteiger partial charge in [0.05, 0.1) is 32.2 Å². The largest absolute Gasteiger partial charge is 0.394 e. The number of amides is 1. The first-order valence-electron chi connectivity index (χ1n) is 3.72. The first kappa shape index (κ1) is 9.15. The number of Topliss-reactive ketones (excluding diaryl/α,β-unsaturated/α-hetero) is 1. The number of aliphatic hydroxyl groups is 2. The molecule has 0 radical (unpaired) electrons. The van der Waals surface area contributed by atoms with E-state index in [1.807, 2.05) is 0 Å². The standard InChI is InChI=1S/C7H11NO4/c9-3-5(4-10)8-2-6(11)1-7(8)12/h5,9-10H,1-4H2. The van der Waals surface area contributed by atoms with E-state index in [0.717, 1.165) is 0 Å². The zero-order valence-corrected chi connectivity index (χ0v) is 6.56. The van der Waals surface area contributed by atoms with E-state index in [9.17, 15) is 9.59 Å². The number of rotatable bonds is 3. The van der Waals surface area contributed by atoms with Crippen molar-refractivity contribution >= 4 is 11.7 Å². The topological polar surface area (TPSA) is 77.8 Å². The third kappa shape index (κ3) is 1.62. The molecule has 1 fully saturated rings. The molecule has 0 aromatic carbocycles. The second kappa shape index (κ2) is 3.64. The third-order valence-electron chi connectivity index (χ3n) is 1.88. The molecule has 2 N–H and O–H groups in total. The molecule has 0 spiro atoms. The van der Waals surface area contributed by atoms with Crippen LogP contribution >= 0.6 is 0 Å². The van der Waals surface area contributed by atoms with E-state index in [-0.39, 0.29) is 37.9 Å². The number of carbonyl (C=O) groups excluding carboxylic acids is 2. The maximum atomic E-state index is 11.0. The molecule has 1 aliphatic heterocycles. The van der Waals surface area contributed by atoms with Crippen LogP contribution in [-0.2, 0) is 9.59 Å². The predicted molar refractivity (Wildman–Crippen MR) is 39.3 cm³/mol. The lowest BCUT2D eigenvalue weighted by atomic mass is 10.3. The summed E-state index contributed by atoms with van der Waals surface area (Å²) in [6, 6.07) is -0.621. The zero-order valence-electron chi connectivity index (χ0n) is 6.56. The summed E-state index contributed by atoms with van der Waals surface area (Å²) in [6.45, 7) is -0.602. The smallest absolute Gasteiger partial charge is 0.230 e. The Bertz CT molecular complexity index is 200. The number of hydrogen-bond acceptors (Lipinski definition) is 4. The van der Waals surface area contributed by atoms with Gasteiger partial charge in [0.1, 0.15) is 0 Å². The lowest BCUT2D eigenvalue weighted by Gasteiger charge is -2.22. The minimum absolute atomic E-state index is 0.0185. The Balaban J connectivity index is 2.62. The molecule has 0 aliphatic carbocycles. The first-order chi connectivity index (χ1) is 5.69. The highest BCUT2D eigenvalue weighted by atomic mass is 16.3. The molecule has 5 heteroatoms. The average Bonchev–Trinajstić information content (AvgIpc) is 2.34. The molecule has 0 unspecified atom stereocenters. The number of hydrogen-bond donors (Lipinski definition) is 2. The Hall–Kier alpha value is -0.940. The van der Waals surface area contributed by atoms with Gasteiger partial charge >= 0.3 is 0 Å². The highest BCUT2D eigenvalue weighted by molar-refractivity contribution is 6.05. The Kier molecular flexibility index (Phi) is 2.78. The summed E-state index contributed by atoms with van der Waals surface area (Å²) in [5.41, 5.74) is 0. The maximum absolute atomic E-state index is 11.0. The van der Waals surface area contributed by atoms with Crippen LogP contribution in [0, 0.1) is 0 Å². The minimum atomic E-state index is -0.621. The molecule has 5 nitrogen and oxygen atoms in total. The van der Waals surface area contributed by atoms with Crippen molar-refractivity contribution in [3.05, 3.63) is 0 Å². The van der Waals surface area contributed by atoms with Crippen LogP contribution in [0.25, 0.3) is 0 Å². The van der Waals surface area contributed by atoms with Crippen LogP contribution in [0.1, 0.15) is 6.42 Å². The van der Waals surface area contributed by atoms with E-state index in [1.54, 1.807) is 0 Å². The molecular formula is C7H11NO4. The molecule has 0 saturated carbocycles. The van der Waals surface area contributed by atoms with Gasteiger partial charge in [0, 0.05) is 0 Å². The van der Waals surface area contributed by atoms with E-state index in [2.05, 4.69) is 0 Å². The maximum Gasteiger partial charge on any atom is 0.230 e. The lowest BCUT2D eigenvalue weighted by Crippen LogP contribution is -2.41. The molecule has 1 saturated heterocycles. The molecule has 1 heterocycles. The van der Waals surface area contributed by atoms with Crippen molar-refractivity contribution < 1.29 is 19.8 Å². The molecule has 0 aromatic rings.